The predicted molar refractivity (Wildman–Crippen MR) is 112 cm³/mol. The number of benzene rings is 2. The molecule has 3 aromatic rings. The maximum atomic E-state index is 12.5. The molecule has 7 nitrogen and oxygen atoms in total. The lowest BCUT2D eigenvalue weighted by Gasteiger charge is -2.11. The topological polar surface area (TPSA) is 90.3 Å². The van der Waals surface area contributed by atoms with Crippen LogP contribution in [0.25, 0.3) is 11.3 Å². The SMILES string of the molecule is COc1ccc(-c2ccc(=O)n(CCNS(=O)(=O)c3cccc(Cl)c3Cl)n2)cc1. The first-order valence-corrected chi connectivity index (χ1v) is 10.7. The Balaban J connectivity index is 1.75. The third kappa shape index (κ3) is 4.97. The minimum absolute atomic E-state index is 0.0419. The van der Waals surface area contributed by atoms with Crippen LogP contribution >= 0.6 is 23.2 Å². The predicted octanol–water partition coefficient (Wildman–Crippen LogP) is 3.20. The van der Waals surface area contributed by atoms with E-state index in [1.54, 1.807) is 25.3 Å². The average molecular weight is 454 g/mol. The average Bonchev–Trinajstić information content (AvgIpc) is 2.71. The fourth-order valence-corrected chi connectivity index (χ4v) is 4.36. The summed E-state index contributed by atoms with van der Waals surface area (Å²) in [6, 6.07) is 14.5. The monoisotopic (exact) mass is 453 g/mol. The molecule has 29 heavy (non-hydrogen) atoms. The van der Waals surface area contributed by atoms with Gasteiger partial charge in [-0.3, -0.25) is 4.79 Å². The highest BCUT2D eigenvalue weighted by Crippen LogP contribution is 2.28. The van der Waals surface area contributed by atoms with Crippen molar-refractivity contribution < 1.29 is 13.2 Å². The summed E-state index contributed by atoms with van der Waals surface area (Å²) in [6.07, 6.45) is 0. The van der Waals surface area contributed by atoms with E-state index in [4.69, 9.17) is 27.9 Å². The summed E-state index contributed by atoms with van der Waals surface area (Å²) in [5.41, 5.74) is 1.03. The molecular formula is C19H17Cl2N3O4S. The minimum Gasteiger partial charge on any atom is -0.497 e. The fourth-order valence-electron chi connectivity index (χ4n) is 2.58. The Morgan fingerprint density at radius 2 is 1.79 bits per heavy atom. The molecule has 0 saturated carbocycles. The number of sulfonamides is 1. The maximum absolute atomic E-state index is 12.5. The Bertz CT molecular complexity index is 1180. The molecular weight excluding hydrogens is 437 g/mol. The Kier molecular flexibility index (Phi) is 6.59. The van der Waals surface area contributed by atoms with E-state index >= 15 is 0 Å². The molecule has 2 aromatic carbocycles. The van der Waals surface area contributed by atoms with Crippen LogP contribution in [-0.2, 0) is 16.6 Å². The van der Waals surface area contributed by atoms with E-state index < -0.39 is 10.0 Å². The second-order valence-corrected chi connectivity index (χ2v) is 8.48. The van der Waals surface area contributed by atoms with Crippen molar-refractivity contribution in [3.05, 3.63) is 75.0 Å². The summed E-state index contributed by atoms with van der Waals surface area (Å²) in [5.74, 6) is 0.705. The van der Waals surface area contributed by atoms with Gasteiger partial charge in [-0.25, -0.2) is 17.8 Å². The summed E-state index contributed by atoms with van der Waals surface area (Å²) in [5, 5.41) is 4.38. The molecule has 0 radical (unpaired) electrons. The smallest absolute Gasteiger partial charge is 0.266 e. The van der Waals surface area contributed by atoms with Crippen molar-refractivity contribution in [2.24, 2.45) is 0 Å². The van der Waals surface area contributed by atoms with Crippen LogP contribution in [0.4, 0.5) is 0 Å². The standard InChI is InChI=1S/C19H17Cl2N3O4S/c1-28-14-7-5-13(6-8-14)16-9-10-18(25)24(23-16)12-11-22-29(26,27)17-4-2-3-15(20)19(17)21/h2-10,22H,11-12H2,1H3. The van der Waals surface area contributed by atoms with Crippen molar-refractivity contribution in [2.75, 3.05) is 13.7 Å². The number of rotatable bonds is 7. The second kappa shape index (κ2) is 8.96. The van der Waals surface area contributed by atoms with Gasteiger partial charge >= 0.3 is 0 Å². The lowest BCUT2D eigenvalue weighted by molar-refractivity contribution is 0.415. The van der Waals surface area contributed by atoms with Gasteiger partial charge in [0.2, 0.25) is 10.0 Å². The van der Waals surface area contributed by atoms with Crippen LogP contribution in [0.1, 0.15) is 0 Å². The molecule has 10 heteroatoms. The van der Waals surface area contributed by atoms with E-state index in [1.165, 1.54) is 28.9 Å². The van der Waals surface area contributed by atoms with E-state index in [2.05, 4.69) is 9.82 Å². The van der Waals surface area contributed by atoms with Crippen LogP contribution < -0.4 is 15.0 Å². The lowest BCUT2D eigenvalue weighted by atomic mass is 10.1. The molecule has 0 unspecified atom stereocenters. The van der Waals surface area contributed by atoms with Gasteiger partial charge < -0.3 is 4.74 Å². The normalized spacial score (nSPS) is 11.4. The van der Waals surface area contributed by atoms with Gasteiger partial charge in [-0.15, -0.1) is 0 Å². The molecule has 3 rings (SSSR count). The highest BCUT2D eigenvalue weighted by Gasteiger charge is 2.19. The van der Waals surface area contributed by atoms with Gasteiger partial charge in [0.05, 0.1) is 29.4 Å². The largest absolute Gasteiger partial charge is 0.497 e. The maximum Gasteiger partial charge on any atom is 0.266 e. The molecule has 1 aromatic heterocycles. The van der Waals surface area contributed by atoms with Gasteiger partial charge in [0.1, 0.15) is 10.6 Å². The Morgan fingerprint density at radius 1 is 1.07 bits per heavy atom. The summed E-state index contributed by atoms with van der Waals surface area (Å²) in [4.78, 5) is 12.0. The number of ether oxygens (including phenoxy) is 1. The molecule has 0 spiro atoms. The molecule has 0 amide bonds. The van der Waals surface area contributed by atoms with Crippen LogP contribution in [-0.4, -0.2) is 31.9 Å². The Hall–Kier alpha value is -2.39. The number of hydrogen-bond donors (Lipinski definition) is 1. The van der Waals surface area contributed by atoms with Crippen molar-refractivity contribution >= 4 is 33.2 Å². The molecule has 152 valence electrons. The van der Waals surface area contributed by atoms with Crippen molar-refractivity contribution in [3.8, 4) is 17.0 Å². The molecule has 0 aliphatic rings. The van der Waals surface area contributed by atoms with Crippen LogP contribution in [0.5, 0.6) is 5.75 Å². The summed E-state index contributed by atoms with van der Waals surface area (Å²) in [6.45, 7) is -0.00953. The fraction of sp³-hybridized carbons (Fsp3) is 0.158. The van der Waals surface area contributed by atoms with E-state index in [0.717, 1.165) is 5.56 Å². The number of nitrogens with one attached hydrogen (secondary N) is 1. The third-order valence-corrected chi connectivity index (χ3v) is 6.51. The number of methoxy groups -OCH3 is 1. The van der Waals surface area contributed by atoms with E-state index in [1.807, 2.05) is 12.1 Å². The number of hydrogen-bond acceptors (Lipinski definition) is 5. The third-order valence-electron chi connectivity index (χ3n) is 4.07. The van der Waals surface area contributed by atoms with Gasteiger partial charge in [-0.1, -0.05) is 29.3 Å². The van der Waals surface area contributed by atoms with Gasteiger partial charge in [-0.05, 0) is 42.5 Å². The second-order valence-electron chi connectivity index (χ2n) is 5.96. The molecule has 0 saturated heterocycles. The number of aromatic nitrogens is 2. The summed E-state index contributed by atoms with van der Waals surface area (Å²) in [7, 11) is -2.32. The van der Waals surface area contributed by atoms with Gasteiger partial charge in [0, 0.05) is 18.2 Å². The first-order chi connectivity index (χ1) is 13.8. The van der Waals surface area contributed by atoms with Crippen molar-refractivity contribution in [1.82, 2.24) is 14.5 Å². The number of nitrogens with zero attached hydrogens (tertiary/aromatic N) is 2. The summed E-state index contributed by atoms with van der Waals surface area (Å²) >= 11 is 11.9. The molecule has 0 bridgehead atoms. The molecule has 1 heterocycles. The van der Waals surface area contributed by atoms with E-state index in [9.17, 15) is 13.2 Å². The van der Waals surface area contributed by atoms with E-state index in [-0.39, 0.29) is 33.6 Å². The van der Waals surface area contributed by atoms with Crippen molar-refractivity contribution in [3.63, 3.8) is 0 Å². The van der Waals surface area contributed by atoms with Crippen LogP contribution in [0.15, 0.2) is 64.3 Å². The van der Waals surface area contributed by atoms with E-state index in [0.29, 0.717) is 11.4 Å². The minimum atomic E-state index is -3.89. The zero-order chi connectivity index (χ0) is 21.0. The Labute approximate surface area is 177 Å². The van der Waals surface area contributed by atoms with Crippen LogP contribution in [0.2, 0.25) is 10.0 Å². The molecule has 1 N–H and O–H groups in total. The van der Waals surface area contributed by atoms with Gasteiger partial charge in [-0.2, -0.15) is 5.10 Å². The molecule has 0 atom stereocenters. The Morgan fingerprint density at radius 3 is 2.48 bits per heavy atom. The highest BCUT2D eigenvalue weighted by molar-refractivity contribution is 7.89. The summed E-state index contributed by atoms with van der Waals surface area (Å²) < 4.78 is 33.6. The quantitative estimate of drug-likeness (QED) is 0.592. The van der Waals surface area contributed by atoms with Crippen LogP contribution in [0, 0.1) is 0 Å². The molecule has 0 aliphatic carbocycles. The van der Waals surface area contributed by atoms with Gasteiger partial charge in [0.25, 0.3) is 5.56 Å². The first kappa shape index (κ1) is 21.3. The van der Waals surface area contributed by atoms with Crippen molar-refractivity contribution in [2.45, 2.75) is 11.4 Å². The molecule has 0 fully saturated rings. The first-order valence-electron chi connectivity index (χ1n) is 8.48. The molecule has 0 aliphatic heterocycles. The van der Waals surface area contributed by atoms with Crippen molar-refractivity contribution in [1.29, 1.82) is 0 Å². The number of halogens is 2. The lowest BCUT2D eigenvalue weighted by Crippen LogP contribution is -2.32. The highest BCUT2D eigenvalue weighted by atomic mass is 35.5. The van der Waals surface area contributed by atoms with Crippen LogP contribution in [0.3, 0.4) is 0 Å². The zero-order valence-electron chi connectivity index (χ0n) is 15.3. The van der Waals surface area contributed by atoms with Gasteiger partial charge in [0.15, 0.2) is 0 Å². The zero-order valence-corrected chi connectivity index (χ0v) is 17.6.